The molecule has 1 saturated heterocycles. The average Bonchev–Trinajstić information content (AvgIpc) is 2.53. The monoisotopic (exact) mass is 304 g/mol. The number of carbonyl (C=O) groups is 2. The fraction of sp³-hybridized carbons (Fsp3) is 0.562. The molecule has 1 fully saturated rings. The van der Waals surface area contributed by atoms with Crippen molar-refractivity contribution in [3.05, 3.63) is 23.9 Å². The second kappa shape index (κ2) is 7.35. The predicted octanol–water partition coefficient (Wildman–Crippen LogP) is 1.16. The molecule has 0 aliphatic carbocycles. The number of nitrogens with one attached hydrogen (secondary N) is 1. The van der Waals surface area contributed by atoms with Gasteiger partial charge < -0.3 is 16.0 Å². The van der Waals surface area contributed by atoms with Gasteiger partial charge in [-0.3, -0.25) is 9.59 Å². The molecule has 0 saturated carbocycles. The van der Waals surface area contributed by atoms with Gasteiger partial charge in [-0.25, -0.2) is 4.98 Å². The molecule has 0 radical (unpaired) electrons. The largest absolute Gasteiger partial charge is 0.342 e. The summed E-state index contributed by atoms with van der Waals surface area (Å²) in [7, 11) is 0. The molecule has 2 atom stereocenters. The Morgan fingerprint density at radius 2 is 2.27 bits per heavy atom. The maximum absolute atomic E-state index is 12.4. The van der Waals surface area contributed by atoms with Crippen LogP contribution in [0, 0.1) is 18.8 Å². The third-order valence-corrected chi connectivity index (χ3v) is 4.02. The molecular formula is C16H24N4O2. The number of rotatable bonds is 4. The minimum absolute atomic E-state index is 0.0358. The molecule has 1 aliphatic rings. The summed E-state index contributed by atoms with van der Waals surface area (Å²) in [4.78, 5) is 30.6. The molecule has 1 aromatic rings. The van der Waals surface area contributed by atoms with E-state index in [1.807, 2.05) is 26.0 Å². The van der Waals surface area contributed by atoms with Crippen LogP contribution in [0.15, 0.2) is 18.2 Å². The first-order valence-electron chi connectivity index (χ1n) is 7.74. The summed E-state index contributed by atoms with van der Waals surface area (Å²) in [6.45, 7) is 5.20. The van der Waals surface area contributed by atoms with Gasteiger partial charge in [-0.2, -0.15) is 0 Å². The van der Waals surface area contributed by atoms with E-state index in [-0.39, 0.29) is 23.7 Å². The van der Waals surface area contributed by atoms with Crippen LogP contribution >= 0.6 is 0 Å². The number of hydrogen-bond acceptors (Lipinski definition) is 4. The molecule has 6 nitrogen and oxygen atoms in total. The van der Waals surface area contributed by atoms with Gasteiger partial charge in [0.1, 0.15) is 5.82 Å². The fourth-order valence-electron chi connectivity index (χ4n) is 2.64. The number of aromatic nitrogens is 1. The zero-order valence-corrected chi connectivity index (χ0v) is 13.2. The maximum Gasteiger partial charge on any atom is 0.230 e. The minimum atomic E-state index is -0.194. The molecular weight excluding hydrogens is 280 g/mol. The lowest BCUT2D eigenvalue weighted by Crippen LogP contribution is -2.46. The van der Waals surface area contributed by atoms with Gasteiger partial charge in [0.2, 0.25) is 11.8 Å². The number of pyridine rings is 1. The van der Waals surface area contributed by atoms with E-state index in [0.29, 0.717) is 25.5 Å². The molecule has 2 amide bonds. The molecule has 0 spiro atoms. The summed E-state index contributed by atoms with van der Waals surface area (Å²) < 4.78 is 0. The van der Waals surface area contributed by atoms with Crippen LogP contribution in [-0.4, -0.2) is 41.3 Å². The number of amides is 2. The Labute approximate surface area is 131 Å². The van der Waals surface area contributed by atoms with Gasteiger partial charge in [0.15, 0.2) is 0 Å². The first kappa shape index (κ1) is 16.4. The zero-order valence-electron chi connectivity index (χ0n) is 13.2. The molecule has 0 bridgehead atoms. The number of aryl methyl sites for hydroxylation is 1. The van der Waals surface area contributed by atoms with Gasteiger partial charge in [-0.05, 0) is 31.9 Å². The van der Waals surface area contributed by atoms with Gasteiger partial charge >= 0.3 is 0 Å². The molecule has 2 unspecified atom stereocenters. The van der Waals surface area contributed by atoms with E-state index < -0.39 is 0 Å². The van der Waals surface area contributed by atoms with Crippen LogP contribution in [0.1, 0.15) is 25.5 Å². The van der Waals surface area contributed by atoms with E-state index >= 15 is 0 Å². The van der Waals surface area contributed by atoms with E-state index in [9.17, 15) is 9.59 Å². The molecule has 22 heavy (non-hydrogen) atoms. The number of hydrogen-bond donors (Lipinski definition) is 2. The second-order valence-electron chi connectivity index (χ2n) is 5.91. The Morgan fingerprint density at radius 3 is 2.95 bits per heavy atom. The van der Waals surface area contributed by atoms with Crippen LogP contribution in [0.4, 0.5) is 5.82 Å². The quantitative estimate of drug-likeness (QED) is 0.873. The van der Waals surface area contributed by atoms with Gasteiger partial charge in [0, 0.05) is 31.2 Å². The Balaban J connectivity index is 1.97. The van der Waals surface area contributed by atoms with Crippen LogP contribution in [-0.2, 0) is 9.59 Å². The topological polar surface area (TPSA) is 88.3 Å². The highest BCUT2D eigenvalue weighted by Gasteiger charge is 2.30. The summed E-state index contributed by atoms with van der Waals surface area (Å²) >= 11 is 0. The van der Waals surface area contributed by atoms with E-state index in [0.717, 1.165) is 18.5 Å². The van der Waals surface area contributed by atoms with Crippen LogP contribution in [0.5, 0.6) is 0 Å². The maximum atomic E-state index is 12.4. The average molecular weight is 304 g/mol. The number of nitrogens with zero attached hydrogens (tertiary/aromatic N) is 2. The summed E-state index contributed by atoms with van der Waals surface area (Å²) in [6, 6.07) is 5.51. The van der Waals surface area contributed by atoms with Gasteiger partial charge in [-0.15, -0.1) is 0 Å². The molecule has 0 aromatic carbocycles. The lowest BCUT2D eigenvalue weighted by Gasteiger charge is -2.33. The first-order chi connectivity index (χ1) is 10.5. The lowest BCUT2D eigenvalue weighted by molar-refractivity contribution is -0.137. The standard InChI is InChI=1S/C16H24N4O2/c1-11(9-17)16(22)20-8-4-6-13(10-20)15(21)19-14-7-3-5-12(2)18-14/h3,5,7,11,13H,4,6,8-10,17H2,1-2H3,(H,18,19,21). The van der Waals surface area contributed by atoms with E-state index in [2.05, 4.69) is 10.3 Å². The summed E-state index contributed by atoms with van der Waals surface area (Å²) in [5, 5.41) is 2.84. The van der Waals surface area contributed by atoms with E-state index in [1.165, 1.54) is 0 Å². The predicted molar refractivity (Wildman–Crippen MR) is 85.1 cm³/mol. The third-order valence-electron chi connectivity index (χ3n) is 4.02. The SMILES string of the molecule is Cc1cccc(NC(=O)C2CCCN(C(=O)C(C)CN)C2)n1. The number of likely N-dealkylation sites (tertiary alicyclic amines) is 1. The fourth-order valence-corrected chi connectivity index (χ4v) is 2.64. The van der Waals surface area contributed by atoms with Crippen molar-refractivity contribution in [1.29, 1.82) is 0 Å². The molecule has 3 N–H and O–H groups in total. The van der Waals surface area contributed by atoms with Crippen molar-refractivity contribution in [2.45, 2.75) is 26.7 Å². The highest BCUT2D eigenvalue weighted by atomic mass is 16.2. The number of carbonyl (C=O) groups excluding carboxylic acids is 2. The van der Waals surface area contributed by atoms with E-state index in [4.69, 9.17) is 5.73 Å². The van der Waals surface area contributed by atoms with Gasteiger partial charge in [-0.1, -0.05) is 13.0 Å². The molecule has 2 heterocycles. The number of nitrogens with two attached hydrogens (primary N) is 1. The van der Waals surface area contributed by atoms with Crippen molar-refractivity contribution in [1.82, 2.24) is 9.88 Å². The normalized spacial score (nSPS) is 19.6. The zero-order chi connectivity index (χ0) is 16.1. The minimum Gasteiger partial charge on any atom is -0.342 e. The van der Waals surface area contributed by atoms with Crippen LogP contribution < -0.4 is 11.1 Å². The third kappa shape index (κ3) is 4.04. The Morgan fingerprint density at radius 1 is 1.50 bits per heavy atom. The van der Waals surface area contributed by atoms with Gasteiger partial charge in [0.25, 0.3) is 0 Å². The second-order valence-corrected chi connectivity index (χ2v) is 5.91. The summed E-state index contributed by atoms with van der Waals surface area (Å²) in [5.41, 5.74) is 6.41. The molecule has 1 aliphatic heterocycles. The summed E-state index contributed by atoms with van der Waals surface area (Å²) in [5.74, 6) is 0.138. The van der Waals surface area contributed by atoms with Crippen molar-refractivity contribution in [2.24, 2.45) is 17.6 Å². The smallest absolute Gasteiger partial charge is 0.230 e. The van der Waals surface area contributed by atoms with Crippen LogP contribution in [0.3, 0.4) is 0 Å². The molecule has 120 valence electrons. The number of piperidine rings is 1. The highest BCUT2D eigenvalue weighted by Crippen LogP contribution is 2.20. The summed E-state index contributed by atoms with van der Waals surface area (Å²) in [6.07, 6.45) is 1.63. The Hall–Kier alpha value is -1.95. The van der Waals surface area contributed by atoms with Crippen molar-refractivity contribution >= 4 is 17.6 Å². The highest BCUT2D eigenvalue weighted by molar-refractivity contribution is 5.92. The van der Waals surface area contributed by atoms with Crippen molar-refractivity contribution in [3.63, 3.8) is 0 Å². The van der Waals surface area contributed by atoms with Crippen molar-refractivity contribution < 1.29 is 9.59 Å². The van der Waals surface area contributed by atoms with Crippen LogP contribution in [0.25, 0.3) is 0 Å². The van der Waals surface area contributed by atoms with Gasteiger partial charge in [0.05, 0.1) is 5.92 Å². The molecule has 2 rings (SSSR count). The van der Waals surface area contributed by atoms with Crippen LogP contribution in [0.2, 0.25) is 0 Å². The lowest BCUT2D eigenvalue weighted by atomic mass is 9.96. The Kier molecular flexibility index (Phi) is 5.49. The molecule has 1 aromatic heterocycles. The first-order valence-corrected chi connectivity index (χ1v) is 7.74. The Bertz CT molecular complexity index is 547. The van der Waals surface area contributed by atoms with Crippen molar-refractivity contribution in [3.8, 4) is 0 Å². The number of anilines is 1. The van der Waals surface area contributed by atoms with E-state index in [1.54, 1.807) is 11.0 Å². The van der Waals surface area contributed by atoms with Crippen molar-refractivity contribution in [2.75, 3.05) is 25.0 Å². The molecule has 6 heteroatoms.